The minimum absolute atomic E-state index is 0.0253. The van der Waals surface area contributed by atoms with Gasteiger partial charge in [-0.15, -0.1) is 0 Å². The molecule has 2 heterocycles. The van der Waals surface area contributed by atoms with Gasteiger partial charge in [-0.3, -0.25) is 18.7 Å². The third-order valence-electron chi connectivity index (χ3n) is 4.65. The van der Waals surface area contributed by atoms with E-state index >= 15 is 0 Å². The van der Waals surface area contributed by atoms with Crippen molar-refractivity contribution in [2.75, 3.05) is 19.5 Å². The highest BCUT2D eigenvalue weighted by atomic mass is 16.5. The van der Waals surface area contributed by atoms with E-state index in [2.05, 4.69) is 15.0 Å². The minimum Gasteiger partial charge on any atom is -0.465 e. The normalized spacial score (nSPS) is 10.7. The van der Waals surface area contributed by atoms with Gasteiger partial charge in [-0.1, -0.05) is 0 Å². The Balaban J connectivity index is 1.98. The monoisotopic (exact) mass is 429 g/mol. The first-order valence-corrected chi connectivity index (χ1v) is 8.91. The third kappa shape index (κ3) is 3.82. The smallest absolute Gasteiger partial charge is 0.339 e. The molecular weight excluding hydrogens is 410 g/mol. The van der Waals surface area contributed by atoms with Crippen LogP contribution in [0.5, 0.6) is 0 Å². The van der Waals surface area contributed by atoms with Crippen molar-refractivity contribution in [1.82, 2.24) is 18.7 Å². The zero-order valence-electron chi connectivity index (χ0n) is 17.2. The van der Waals surface area contributed by atoms with Gasteiger partial charge in [0.1, 0.15) is 6.54 Å². The van der Waals surface area contributed by atoms with E-state index in [9.17, 15) is 24.0 Å². The average molecular weight is 429 g/mol. The molecule has 12 heteroatoms. The Morgan fingerprint density at radius 3 is 2.35 bits per heavy atom. The number of nitrogens with one attached hydrogen (secondary N) is 1. The molecule has 0 aliphatic heterocycles. The number of methoxy groups -OCH3 is 2. The van der Waals surface area contributed by atoms with Crippen LogP contribution in [0.15, 0.2) is 34.1 Å². The van der Waals surface area contributed by atoms with E-state index in [0.29, 0.717) is 0 Å². The van der Waals surface area contributed by atoms with E-state index < -0.39 is 29.1 Å². The summed E-state index contributed by atoms with van der Waals surface area (Å²) in [5.41, 5.74) is -0.787. The molecule has 0 fully saturated rings. The number of benzene rings is 1. The van der Waals surface area contributed by atoms with Gasteiger partial charge in [0.2, 0.25) is 5.91 Å². The fourth-order valence-electron chi connectivity index (χ4n) is 3.04. The van der Waals surface area contributed by atoms with Gasteiger partial charge < -0.3 is 19.4 Å². The molecule has 1 amide bonds. The van der Waals surface area contributed by atoms with Crippen molar-refractivity contribution in [1.29, 1.82) is 0 Å². The average Bonchev–Trinajstić information content (AvgIpc) is 3.18. The van der Waals surface area contributed by atoms with Crippen molar-refractivity contribution in [3.63, 3.8) is 0 Å². The molecule has 0 unspecified atom stereocenters. The lowest BCUT2D eigenvalue weighted by atomic mass is 10.1. The summed E-state index contributed by atoms with van der Waals surface area (Å²) < 4.78 is 12.8. The number of nitrogens with zero attached hydrogens (tertiary/aromatic N) is 4. The maximum atomic E-state index is 12.7. The second-order valence-electron chi connectivity index (χ2n) is 6.54. The van der Waals surface area contributed by atoms with E-state index in [-0.39, 0.29) is 34.5 Å². The molecule has 0 aliphatic carbocycles. The first-order chi connectivity index (χ1) is 14.7. The van der Waals surface area contributed by atoms with Crippen LogP contribution in [0.25, 0.3) is 11.2 Å². The molecule has 0 saturated carbocycles. The molecule has 3 rings (SSSR count). The lowest BCUT2D eigenvalue weighted by Gasteiger charge is -2.12. The summed E-state index contributed by atoms with van der Waals surface area (Å²) in [6.07, 6.45) is 1.26. The van der Waals surface area contributed by atoms with Crippen LogP contribution in [0.2, 0.25) is 0 Å². The summed E-state index contributed by atoms with van der Waals surface area (Å²) in [7, 11) is 5.16. The summed E-state index contributed by atoms with van der Waals surface area (Å²) >= 11 is 0. The highest BCUT2D eigenvalue weighted by molar-refractivity contribution is 6.03. The third-order valence-corrected chi connectivity index (χ3v) is 4.65. The molecule has 12 nitrogen and oxygen atoms in total. The van der Waals surface area contributed by atoms with Crippen molar-refractivity contribution in [2.24, 2.45) is 14.1 Å². The summed E-state index contributed by atoms with van der Waals surface area (Å²) in [6.45, 7) is -0.340. The second kappa shape index (κ2) is 8.26. The van der Waals surface area contributed by atoms with E-state index in [1.54, 1.807) is 0 Å². The predicted octanol–water partition coefficient (Wildman–Crippen LogP) is -0.354. The molecule has 0 saturated heterocycles. The number of anilines is 1. The van der Waals surface area contributed by atoms with Crippen LogP contribution >= 0.6 is 0 Å². The van der Waals surface area contributed by atoms with Crippen LogP contribution in [0, 0.1) is 0 Å². The van der Waals surface area contributed by atoms with Crippen LogP contribution in [0.1, 0.15) is 20.7 Å². The second-order valence-corrected chi connectivity index (χ2v) is 6.54. The maximum absolute atomic E-state index is 12.7. The van der Waals surface area contributed by atoms with Crippen LogP contribution in [-0.2, 0) is 34.9 Å². The molecular formula is C19H19N5O7. The van der Waals surface area contributed by atoms with Crippen LogP contribution < -0.4 is 16.6 Å². The number of esters is 2. The zero-order valence-corrected chi connectivity index (χ0v) is 17.2. The number of hydrogen-bond donors (Lipinski definition) is 1. The SMILES string of the molecule is COC(=O)c1ccc(C(=O)OC)c(NC(=O)Cn2cnc3c2c(=O)n(C)c(=O)n3C)c1. The number of imidazole rings is 1. The Bertz CT molecular complexity index is 1330. The van der Waals surface area contributed by atoms with Gasteiger partial charge in [-0.25, -0.2) is 19.4 Å². The molecule has 2 aromatic heterocycles. The molecule has 162 valence electrons. The van der Waals surface area contributed by atoms with Crippen LogP contribution in [0.4, 0.5) is 5.69 Å². The predicted molar refractivity (Wildman–Crippen MR) is 108 cm³/mol. The Morgan fingerprint density at radius 2 is 1.71 bits per heavy atom. The van der Waals surface area contributed by atoms with Gasteiger partial charge in [0.15, 0.2) is 11.2 Å². The molecule has 31 heavy (non-hydrogen) atoms. The van der Waals surface area contributed by atoms with Crippen molar-refractivity contribution >= 4 is 34.7 Å². The number of aromatic nitrogens is 4. The summed E-state index contributed by atoms with van der Waals surface area (Å²) in [6, 6.07) is 3.97. The van der Waals surface area contributed by atoms with Crippen molar-refractivity contribution in [2.45, 2.75) is 6.54 Å². The summed E-state index contributed by atoms with van der Waals surface area (Å²) in [5, 5.41) is 2.53. The van der Waals surface area contributed by atoms with Crippen molar-refractivity contribution < 1.29 is 23.9 Å². The lowest BCUT2D eigenvalue weighted by Crippen LogP contribution is -2.37. The number of fused-ring (bicyclic) bond motifs is 1. The lowest BCUT2D eigenvalue weighted by molar-refractivity contribution is -0.116. The summed E-state index contributed by atoms with van der Waals surface area (Å²) in [5.74, 6) is -1.98. The molecule has 0 aliphatic rings. The largest absolute Gasteiger partial charge is 0.465 e. The highest BCUT2D eigenvalue weighted by Crippen LogP contribution is 2.20. The summed E-state index contributed by atoms with van der Waals surface area (Å²) in [4.78, 5) is 65.1. The number of rotatable bonds is 5. The molecule has 3 aromatic rings. The number of carbonyl (C=O) groups is 3. The van der Waals surface area contributed by atoms with E-state index in [1.807, 2.05) is 0 Å². The maximum Gasteiger partial charge on any atom is 0.339 e. The zero-order chi connectivity index (χ0) is 22.9. The Hall–Kier alpha value is -4.22. The number of ether oxygens (including phenoxy) is 2. The number of carbonyl (C=O) groups excluding carboxylic acids is 3. The molecule has 0 spiro atoms. The van der Waals surface area contributed by atoms with Crippen molar-refractivity contribution in [3.05, 3.63) is 56.5 Å². The number of aryl methyl sites for hydroxylation is 1. The fourth-order valence-corrected chi connectivity index (χ4v) is 3.04. The topological polar surface area (TPSA) is 144 Å². The molecule has 0 bridgehead atoms. The van der Waals surface area contributed by atoms with Gasteiger partial charge in [0.05, 0.1) is 37.4 Å². The number of amides is 1. The van der Waals surface area contributed by atoms with Gasteiger partial charge >= 0.3 is 17.6 Å². The van der Waals surface area contributed by atoms with E-state index in [1.165, 1.54) is 62.0 Å². The number of hydrogen-bond acceptors (Lipinski definition) is 8. The highest BCUT2D eigenvalue weighted by Gasteiger charge is 2.19. The van der Waals surface area contributed by atoms with Gasteiger partial charge in [0, 0.05) is 14.1 Å². The Morgan fingerprint density at radius 1 is 1.03 bits per heavy atom. The Kier molecular flexibility index (Phi) is 5.72. The Labute approximate surface area is 174 Å². The van der Waals surface area contributed by atoms with E-state index in [0.717, 1.165) is 4.57 Å². The molecule has 0 atom stereocenters. The standard InChI is InChI=1S/C19H19N5O7/c1-22-15-14(16(26)23(2)19(22)29)24(9-20-15)8-13(25)21-12-7-10(17(27)30-3)5-6-11(12)18(28)31-4/h5-7,9H,8H2,1-4H3,(H,21,25). The van der Waals surface area contributed by atoms with E-state index in [4.69, 9.17) is 4.74 Å². The van der Waals surface area contributed by atoms with Crippen LogP contribution in [0.3, 0.4) is 0 Å². The molecule has 0 radical (unpaired) electrons. The van der Waals surface area contributed by atoms with Gasteiger partial charge in [-0.05, 0) is 18.2 Å². The molecule has 1 N–H and O–H groups in total. The van der Waals surface area contributed by atoms with Gasteiger partial charge in [0.25, 0.3) is 5.56 Å². The quantitative estimate of drug-likeness (QED) is 0.542. The first kappa shape index (κ1) is 21.5. The molecule has 1 aromatic carbocycles. The fraction of sp³-hybridized carbons (Fsp3) is 0.263. The van der Waals surface area contributed by atoms with Crippen molar-refractivity contribution in [3.8, 4) is 0 Å². The van der Waals surface area contributed by atoms with Crippen LogP contribution in [-0.4, -0.2) is 50.8 Å². The first-order valence-electron chi connectivity index (χ1n) is 8.91. The minimum atomic E-state index is -0.719. The van der Waals surface area contributed by atoms with Gasteiger partial charge in [-0.2, -0.15) is 0 Å².